The first-order chi connectivity index (χ1) is 7.19. The normalized spacial score (nSPS) is 11.4. The molecule has 1 aromatic heterocycles. The molecule has 15 heavy (non-hydrogen) atoms. The van der Waals surface area contributed by atoms with E-state index < -0.39 is 5.76 Å². The molecule has 0 aliphatic heterocycles. The molecule has 80 valence electrons. The van der Waals surface area contributed by atoms with Crippen LogP contribution in [0.15, 0.2) is 27.4 Å². The van der Waals surface area contributed by atoms with Gasteiger partial charge in [0.15, 0.2) is 5.58 Å². The van der Waals surface area contributed by atoms with Crippen molar-refractivity contribution in [3.8, 4) is 0 Å². The van der Waals surface area contributed by atoms with Crippen molar-refractivity contribution in [1.29, 1.82) is 0 Å². The molecular weight excluding hydrogens is 194 g/mol. The van der Waals surface area contributed by atoms with E-state index in [1.54, 1.807) is 0 Å². The van der Waals surface area contributed by atoms with Crippen LogP contribution in [0.5, 0.6) is 0 Å². The van der Waals surface area contributed by atoms with Crippen LogP contribution in [-0.2, 0) is 6.54 Å². The van der Waals surface area contributed by atoms with Crippen molar-refractivity contribution in [2.45, 2.75) is 6.54 Å². The Balaban J connectivity index is 2.34. The van der Waals surface area contributed by atoms with Gasteiger partial charge < -0.3 is 10.2 Å². The summed E-state index contributed by atoms with van der Waals surface area (Å²) in [5.41, 5.74) is 7.86. The number of nitrogens with one attached hydrogen (secondary N) is 1. The van der Waals surface area contributed by atoms with E-state index in [0.717, 1.165) is 17.6 Å². The Kier molecular flexibility index (Phi) is 2.57. The second-order valence-corrected chi connectivity index (χ2v) is 3.54. The lowest BCUT2D eigenvalue weighted by molar-refractivity contribution is 0.337. The first-order valence-corrected chi connectivity index (χ1v) is 4.69. The average Bonchev–Trinajstić information content (AvgIpc) is 2.57. The van der Waals surface area contributed by atoms with Gasteiger partial charge in [-0.2, -0.15) is 0 Å². The fourth-order valence-electron chi connectivity index (χ4n) is 1.46. The van der Waals surface area contributed by atoms with E-state index in [1.807, 2.05) is 30.1 Å². The molecule has 1 heterocycles. The number of aromatic nitrogens is 1. The van der Waals surface area contributed by atoms with Crippen LogP contribution in [-0.4, -0.2) is 23.6 Å². The molecule has 0 unspecified atom stereocenters. The highest BCUT2D eigenvalue weighted by Gasteiger charge is 2.03. The van der Waals surface area contributed by atoms with Gasteiger partial charge in [-0.1, -0.05) is 6.07 Å². The Bertz CT molecular complexity index is 515. The van der Waals surface area contributed by atoms with Crippen LogP contribution in [0.25, 0.3) is 11.1 Å². The number of hydrogen-bond acceptors (Lipinski definition) is 4. The maximum Gasteiger partial charge on any atom is 0.417 e. The van der Waals surface area contributed by atoms with E-state index in [9.17, 15) is 4.79 Å². The van der Waals surface area contributed by atoms with Crippen molar-refractivity contribution < 1.29 is 4.42 Å². The van der Waals surface area contributed by atoms with Crippen molar-refractivity contribution >= 4 is 11.1 Å². The maximum atomic E-state index is 10.9. The zero-order valence-electron chi connectivity index (χ0n) is 8.49. The van der Waals surface area contributed by atoms with E-state index in [0.29, 0.717) is 12.3 Å². The minimum absolute atomic E-state index is 0.422. The van der Waals surface area contributed by atoms with Gasteiger partial charge in [-0.15, -0.1) is 0 Å². The van der Waals surface area contributed by atoms with Crippen molar-refractivity contribution in [3.05, 3.63) is 34.3 Å². The smallest absolute Gasteiger partial charge is 0.408 e. The van der Waals surface area contributed by atoms with Crippen LogP contribution < -0.4 is 11.5 Å². The fourth-order valence-corrected chi connectivity index (χ4v) is 1.46. The van der Waals surface area contributed by atoms with Gasteiger partial charge in [-0.05, 0) is 24.7 Å². The Morgan fingerprint density at radius 2 is 2.33 bits per heavy atom. The van der Waals surface area contributed by atoms with E-state index in [1.165, 1.54) is 0 Å². The lowest BCUT2D eigenvalue weighted by Gasteiger charge is -2.12. The largest absolute Gasteiger partial charge is 0.417 e. The minimum atomic E-state index is -0.422. The molecule has 5 nitrogen and oxygen atoms in total. The summed E-state index contributed by atoms with van der Waals surface area (Å²) in [6.45, 7) is 1.23. The number of aromatic amines is 1. The zero-order chi connectivity index (χ0) is 10.8. The molecular formula is C10H13N3O2. The van der Waals surface area contributed by atoms with Gasteiger partial charge in [0.05, 0.1) is 5.52 Å². The molecule has 0 saturated heterocycles. The third-order valence-corrected chi connectivity index (χ3v) is 2.25. The number of nitrogens with zero attached hydrogens (tertiary/aromatic N) is 1. The van der Waals surface area contributed by atoms with Crippen molar-refractivity contribution in [2.75, 3.05) is 13.7 Å². The Morgan fingerprint density at radius 1 is 1.53 bits per heavy atom. The quantitative estimate of drug-likeness (QED) is 0.717. The maximum absolute atomic E-state index is 10.9. The molecule has 0 spiro atoms. The average molecular weight is 207 g/mol. The number of oxazole rings is 1. The van der Waals surface area contributed by atoms with E-state index in [-0.39, 0.29) is 0 Å². The first kappa shape index (κ1) is 9.95. The SMILES string of the molecule is CN(CN)Cc1ccc2[nH]c(=O)oc2c1. The Morgan fingerprint density at radius 3 is 3.07 bits per heavy atom. The highest BCUT2D eigenvalue weighted by atomic mass is 16.4. The van der Waals surface area contributed by atoms with Crippen LogP contribution >= 0.6 is 0 Å². The van der Waals surface area contributed by atoms with Crippen LogP contribution in [0, 0.1) is 0 Å². The summed E-state index contributed by atoms with van der Waals surface area (Å²) in [6, 6.07) is 5.62. The summed E-state index contributed by atoms with van der Waals surface area (Å²) >= 11 is 0. The van der Waals surface area contributed by atoms with Crippen LogP contribution in [0.2, 0.25) is 0 Å². The number of hydrogen-bond donors (Lipinski definition) is 2. The lowest BCUT2D eigenvalue weighted by atomic mass is 10.2. The van der Waals surface area contributed by atoms with Crippen LogP contribution in [0.1, 0.15) is 5.56 Å². The molecule has 0 aliphatic rings. The van der Waals surface area contributed by atoms with Crippen LogP contribution in [0.3, 0.4) is 0 Å². The van der Waals surface area contributed by atoms with Gasteiger partial charge >= 0.3 is 5.76 Å². The van der Waals surface area contributed by atoms with Crippen LogP contribution in [0.4, 0.5) is 0 Å². The number of nitrogens with two attached hydrogens (primary N) is 1. The van der Waals surface area contributed by atoms with Gasteiger partial charge in [-0.25, -0.2) is 4.79 Å². The Labute approximate surface area is 86.5 Å². The molecule has 0 saturated carbocycles. The molecule has 0 fully saturated rings. The first-order valence-electron chi connectivity index (χ1n) is 4.69. The van der Waals surface area contributed by atoms with E-state index in [4.69, 9.17) is 10.2 Å². The minimum Gasteiger partial charge on any atom is -0.408 e. The molecule has 3 N–H and O–H groups in total. The predicted molar refractivity (Wildman–Crippen MR) is 57.4 cm³/mol. The number of rotatable bonds is 3. The standard InChI is InChI=1S/C10H13N3O2/c1-13(6-11)5-7-2-3-8-9(4-7)15-10(14)12-8/h2-4H,5-6,11H2,1H3,(H,12,14). The van der Waals surface area contributed by atoms with Gasteiger partial charge in [-0.3, -0.25) is 9.88 Å². The summed E-state index contributed by atoms with van der Waals surface area (Å²) < 4.78 is 4.96. The summed E-state index contributed by atoms with van der Waals surface area (Å²) in [5.74, 6) is -0.422. The lowest BCUT2D eigenvalue weighted by Crippen LogP contribution is -2.24. The number of H-pyrrole nitrogens is 1. The van der Waals surface area contributed by atoms with Crippen molar-refractivity contribution in [1.82, 2.24) is 9.88 Å². The van der Waals surface area contributed by atoms with Gasteiger partial charge in [0.25, 0.3) is 0 Å². The van der Waals surface area contributed by atoms with Gasteiger partial charge in [0, 0.05) is 13.2 Å². The molecule has 0 amide bonds. The zero-order valence-corrected chi connectivity index (χ0v) is 8.49. The summed E-state index contributed by atoms with van der Waals surface area (Å²) in [4.78, 5) is 15.5. The predicted octanol–water partition coefficient (Wildman–Crippen LogP) is 0.469. The third-order valence-electron chi connectivity index (χ3n) is 2.25. The number of benzene rings is 1. The molecule has 5 heteroatoms. The molecule has 1 aromatic carbocycles. The monoisotopic (exact) mass is 207 g/mol. The van der Waals surface area contributed by atoms with E-state index in [2.05, 4.69) is 4.98 Å². The summed E-state index contributed by atoms with van der Waals surface area (Å²) in [7, 11) is 1.93. The topological polar surface area (TPSA) is 75.3 Å². The molecule has 0 aliphatic carbocycles. The summed E-state index contributed by atoms with van der Waals surface area (Å²) in [5, 5.41) is 0. The molecule has 0 atom stereocenters. The molecule has 0 radical (unpaired) electrons. The summed E-state index contributed by atoms with van der Waals surface area (Å²) in [6.07, 6.45) is 0. The second-order valence-electron chi connectivity index (χ2n) is 3.54. The second kappa shape index (κ2) is 3.88. The Hall–Kier alpha value is -1.59. The third kappa shape index (κ3) is 2.08. The van der Waals surface area contributed by atoms with Gasteiger partial charge in [0.1, 0.15) is 0 Å². The van der Waals surface area contributed by atoms with Gasteiger partial charge in [0.2, 0.25) is 0 Å². The van der Waals surface area contributed by atoms with E-state index >= 15 is 0 Å². The van der Waals surface area contributed by atoms with Crippen molar-refractivity contribution in [3.63, 3.8) is 0 Å². The molecule has 2 rings (SSSR count). The fraction of sp³-hybridized carbons (Fsp3) is 0.300. The number of fused-ring (bicyclic) bond motifs is 1. The van der Waals surface area contributed by atoms with Crippen molar-refractivity contribution in [2.24, 2.45) is 5.73 Å². The molecule has 0 bridgehead atoms. The highest BCUT2D eigenvalue weighted by molar-refractivity contribution is 5.72. The highest BCUT2D eigenvalue weighted by Crippen LogP contribution is 2.13. The molecule has 2 aromatic rings.